The molecular weight excluding hydrogens is 270 g/mol. The van der Waals surface area contributed by atoms with Crippen LogP contribution in [-0.4, -0.2) is 24.7 Å². The number of hydroxylamine groups is 1. The minimum Gasteiger partial charge on any atom is -0.497 e. The Labute approximate surface area is 123 Å². The Balaban J connectivity index is 1.87. The summed E-state index contributed by atoms with van der Waals surface area (Å²) < 4.78 is 5.21. The summed E-state index contributed by atoms with van der Waals surface area (Å²) >= 11 is 0. The quantitative estimate of drug-likeness (QED) is 0.542. The van der Waals surface area contributed by atoms with Gasteiger partial charge in [-0.25, -0.2) is 10.3 Å². The Morgan fingerprint density at radius 3 is 3.00 bits per heavy atom. The SMILES string of the molecule is CCCCNC(=O)NOCc1c[nH]c2ccc(OC)cc12. The smallest absolute Gasteiger partial charge is 0.338 e. The van der Waals surface area contributed by atoms with Gasteiger partial charge in [0.15, 0.2) is 0 Å². The largest absolute Gasteiger partial charge is 0.497 e. The van der Waals surface area contributed by atoms with Gasteiger partial charge in [0.1, 0.15) is 12.4 Å². The molecule has 0 aliphatic rings. The van der Waals surface area contributed by atoms with Crippen LogP contribution in [0.4, 0.5) is 4.79 Å². The second kappa shape index (κ2) is 7.54. The van der Waals surface area contributed by atoms with Crippen molar-refractivity contribution < 1.29 is 14.4 Å². The lowest BCUT2D eigenvalue weighted by atomic mass is 10.2. The van der Waals surface area contributed by atoms with Crippen LogP contribution in [0.25, 0.3) is 10.9 Å². The monoisotopic (exact) mass is 291 g/mol. The number of ether oxygens (including phenoxy) is 1. The third-order valence-corrected chi connectivity index (χ3v) is 3.18. The van der Waals surface area contributed by atoms with E-state index in [9.17, 15) is 4.79 Å². The molecule has 0 saturated carbocycles. The number of amides is 2. The van der Waals surface area contributed by atoms with Crippen molar-refractivity contribution in [3.8, 4) is 5.75 Å². The summed E-state index contributed by atoms with van der Waals surface area (Å²) in [6, 6.07) is 5.46. The number of aromatic amines is 1. The molecule has 1 aromatic heterocycles. The van der Waals surface area contributed by atoms with Crippen LogP contribution in [0.5, 0.6) is 5.75 Å². The highest BCUT2D eigenvalue weighted by molar-refractivity contribution is 5.84. The third-order valence-electron chi connectivity index (χ3n) is 3.18. The van der Waals surface area contributed by atoms with Gasteiger partial charge in [0, 0.05) is 29.2 Å². The number of carbonyl (C=O) groups is 1. The highest BCUT2D eigenvalue weighted by atomic mass is 16.7. The average molecular weight is 291 g/mol. The maximum atomic E-state index is 11.4. The van der Waals surface area contributed by atoms with Crippen molar-refractivity contribution in [2.24, 2.45) is 0 Å². The summed E-state index contributed by atoms with van der Waals surface area (Å²) in [6.45, 7) is 3.01. The van der Waals surface area contributed by atoms with Gasteiger partial charge in [0.2, 0.25) is 0 Å². The number of hydrogen-bond acceptors (Lipinski definition) is 3. The standard InChI is InChI=1S/C15H21N3O3/c1-3-4-7-16-15(19)18-21-10-11-9-17-14-6-5-12(20-2)8-13(11)14/h5-6,8-9,17H,3-4,7,10H2,1-2H3,(H2,16,18,19). The number of H-pyrrole nitrogens is 1. The molecular formula is C15H21N3O3. The van der Waals surface area contributed by atoms with Crippen molar-refractivity contribution in [1.29, 1.82) is 0 Å². The fraction of sp³-hybridized carbons (Fsp3) is 0.400. The van der Waals surface area contributed by atoms with E-state index < -0.39 is 0 Å². The van der Waals surface area contributed by atoms with Crippen LogP contribution in [0.3, 0.4) is 0 Å². The highest BCUT2D eigenvalue weighted by Gasteiger charge is 2.06. The lowest BCUT2D eigenvalue weighted by Crippen LogP contribution is -2.35. The Kier molecular flexibility index (Phi) is 5.45. The lowest BCUT2D eigenvalue weighted by Gasteiger charge is -2.07. The summed E-state index contributed by atoms with van der Waals surface area (Å²) in [5.41, 5.74) is 4.34. The van der Waals surface area contributed by atoms with Gasteiger partial charge in [-0.05, 0) is 24.6 Å². The summed E-state index contributed by atoms with van der Waals surface area (Å²) in [5, 5.41) is 3.73. The van der Waals surface area contributed by atoms with Crippen molar-refractivity contribution in [3.63, 3.8) is 0 Å². The molecule has 1 heterocycles. The number of benzene rings is 1. The summed E-state index contributed by atoms with van der Waals surface area (Å²) in [4.78, 5) is 19.8. The molecule has 0 atom stereocenters. The molecule has 2 aromatic rings. The number of rotatable bonds is 7. The summed E-state index contributed by atoms with van der Waals surface area (Å²) in [5.74, 6) is 0.786. The van der Waals surface area contributed by atoms with Crippen molar-refractivity contribution in [2.75, 3.05) is 13.7 Å². The van der Waals surface area contributed by atoms with E-state index in [-0.39, 0.29) is 12.6 Å². The summed E-state index contributed by atoms with van der Waals surface area (Å²) in [7, 11) is 1.63. The molecule has 0 saturated heterocycles. The second-order valence-electron chi connectivity index (χ2n) is 4.73. The first-order chi connectivity index (χ1) is 10.2. The van der Waals surface area contributed by atoms with Crippen LogP contribution in [0, 0.1) is 0 Å². The zero-order valence-electron chi connectivity index (χ0n) is 12.4. The molecule has 0 aliphatic heterocycles. The van der Waals surface area contributed by atoms with Crippen LogP contribution in [-0.2, 0) is 11.4 Å². The highest BCUT2D eigenvalue weighted by Crippen LogP contribution is 2.23. The maximum absolute atomic E-state index is 11.4. The Morgan fingerprint density at radius 2 is 2.24 bits per heavy atom. The van der Waals surface area contributed by atoms with E-state index in [4.69, 9.17) is 9.57 Å². The zero-order chi connectivity index (χ0) is 15.1. The van der Waals surface area contributed by atoms with E-state index >= 15 is 0 Å². The van der Waals surface area contributed by atoms with Crippen molar-refractivity contribution in [1.82, 2.24) is 15.8 Å². The van der Waals surface area contributed by atoms with Crippen LogP contribution in [0.2, 0.25) is 0 Å². The van der Waals surface area contributed by atoms with Gasteiger partial charge >= 0.3 is 6.03 Å². The van der Waals surface area contributed by atoms with Crippen molar-refractivity contribution in [3.05, 3.63) is 30.0 Å². The van der Waals surface area contributed by atoms with Gasteiger partial charge in [-0.15, -0.1) is 0 Å². The minimum atomic E-state index is -0.319. The van der Waals surface area contributed by atoms with Crippen molar-refractivity contribution in [2.45, 2.75) is 26.4 Å². The molecule has 0 spiro atoms. The number of urea groups is 1. The fourth-order valence-electron chi connectivity index (χ4n) is 2.00. The van der Waals surface area contributed by atoms with Gasteiger partial charge in [-0.1, -0.05) is 13.3 Å². The first-order valence-electron chi connectivity index (χ1n) is 7.04. The van der Waals surface area contributed by atoms with E-state index in [1.165, 1.54) is 0 Å². The van der Waals surface area contributed by atoms with Gasteiger partial charge < -0.3 is 15.0 Å². The van der Waals surface area contributed by atoms with Crippen LogP contribution in [0.1, 0.15) is 25.3 Å². The number of hydrogen-bond donors (Lipinski definition) is 3. The number of aromatic nitrogens is 1. The molecule has 3 N–H and O–H groups in total. The molecule has 0 radical (unpaired) electrons. The van der Waals surface area contributed by atoms with E-state index in [0.29, 0.717) is 6.54 Å². The predicted octanol–water partition coefficient (Wildman–Crippen LogP) is 2.71. The Hall–Kier alpha value is -2.21. The topological polar surface area (TPSA) is 75.4 Å². The molecule has 0 bridgehead atoms. The van der Waals surface area contributed by atoms with Crippen LogP contribution in [0.15, 0.2) is 24.4 Å². The molecule has 6 heteroatoms. The zero-order valence-corrected chi connectivity index (χ0v) is 12.4. The molecule has 1 aromatic carbocycles. The van der Waals surface area contributed by atoms with E-state index in [1.54, 1.807) is 7.11 Å². The first kappa shape index (κ1) is 15.2. The number of fused-ring (bicyclic) bond motifs is 1. The van der Waals surface area contributed by atoms with Gasteiger partial charge in [-0.3, -0.25) is 4.84 Å². The minimum absolute atomic E-state index is 0.286. The molecule has 114 valence electrons. The fourth-order valence-corrected chi connectivity index (χ4v) is 2.00. The lowest BCUT2D eigenvalue weighted by molar-refractivity contribution is 0.0497. The second-order valence-corrected chi connectivity index (χ2v) is 4.73. The molecule has 0 fully saturated rings. The van der Waals surface area contributed by atoms with Crippen LogP contribution >= 0.6 is 0 Å². The molecule has 6 nitrogen and oxygen atoms in total. The van der Waals surface area contributed by atoms with E-state index in [1.807, 2.05) is 24.4 Å². The number of nitrogens with one attached hydrogen (secondary N) is 3. The molecule has 0 aliphatic carbocycles. The third kappa shape index (κ3) is 4.13. The van der Waals surface area contributed by atoms with Crippen molar-refractivity contribution >= 4 is 16.9 Å². The Bertz CT molecular complexity index is 595. The normalized spacial score (nSPS) is 10.6. The van der Waals surface area contributed by atoms with Gasteiger partial charge in [0.25, 0.3) is 0 Å². The van der Waals surface area contributed by atoms with Crippen LogP contribution < -0.4 is 15.5 Å². The average Bonchev–Trinajstić information content (AvgIpc) is 2.90. The summed E-state index contributed by atoms with van der Waals surface area (Å²) in [6.07, 6.45) is 3.86. The molecule has 2 rings (SSSR count). The predicted molar refractivity (Wildman–Crippen MR) is 81.1 cm³/mol. The van der Waals surface area contributed by atoms with E-state index in [2.05, 4.69) is 22.7 Å². The maximum Gasteiger partial charge on any atom is 0.338 e. The number of carbonyl (C=O) groups excluding carboxylic acids is 1. The van der Waals surface area contributed by atoms with E-state index in [0.717, 1.165) is 35.1 Å². The molecule has 2 amide bonds. The first-order valence-corrected chi connectivity index (χ1v) is 7.04. The number of unbranched alkanes of at least 4 members (excludes halogenated alkanes) is 1. The number of methoxy groups -OCH3 is 1. The molecule has 21 heavy (non-hydrogen) atoms. The van der Waals surface area contributed by atoms with Gasteiger partial charge in [0.05, 0.1) is 7.11 Å². The van der Waals surface area contributed by atoms with Gasteiger partial charge in [-0.2, -0.15) is 0 Å². The Morgan fingerprint density at radius 1 is 1.38 bits per heavy atom. The molecule has 0 unspecified atom stereocenters.